The quantitative estimate of drug-likeness (QED) is 0.926. The predicted molar refractivity (Wildman–Crippen MR) is 68.9 cm³/mol. The van der Waals surface area contributed by atoms with Gasteiger partial charge in [-0.05, 0) is 39.5 Å². The summed E-state index contributed by atoms with van der Waals surface area (Å²) < 4.78 is 46.7. The van der Waals surface area contributed by atoms with Gasteiger partial charge >= 0.3 is 12.3 Å². The average Bonchev–Trinajstić information content (AvgIpc) is 2.71. The molecule has 1 aromatic rings. The number of carbonyl (C=O) groups excluding carboxylic acids is 1. The lowest BCUT2D eigenvalue weighted by molar-refractivity contribution is -0.146. The van der Waals surface area contributed by atoms with Crippen molar-refractivity contribution in [3.05, 3.63) is 11.7 Å². The summed E-state index contributed by atoms with van der Waals surface area (Å²) in [5.41, 5.74) is -0.564. The molecule has 1 aliphatic rings. The highest BCUT2D eigenvalue weighted by Crippen LogP contribution is 2.32. The van der Waals surface area contributed by atoms with Gasteiger partial charge in [-0.3, -0.25) is 0 Å². The minimum atomic E-state index is -4.60. The Kier molecular flexibility index (Phi) is 4.35. The van der Waals surface area contributed by atoms with Gasteiger partial charge in [-0.2, -0.15) is 18.2 Å². The van der Waals surface area contributed by atoms with Crippen LogP contribution in [-0.2, 0) is 17.3 Å². The molecule has 1 heterocycles. The second kappa shape index (κ2) is 5.77. The molecule has 1 fully saturated rings. The van der Waals surface area contributed by atoms with Crippen molar-refractivity contribution in [2.24, 2.45) is 5.92 Å². The zero-order valence-electron chi connectivity index (χ0n) is 12.5. The topological polar surface area (TPSA) is 77.2 Å². The van der Waals surface area contributed by atoms with E-state index in [1.54, 1.807) is 20.8 Å². The lowest BCUT2D eigenvalue weighted by Crippen LogP contribution is -2.46. The van der Waals surface area contributed by atoms with Crippen LogP contribution in [0.25, 0.3) is 0 Å². The summed E-state index contributed by atoms with van der Waals surface area (Å²) in [6, 6.07) is -0.0372. The highest BCUT2D eigenvalue weighted by atomic mass is 19.4. The summed E-state index contributed by atoms with van der Waals surface area (Å²) in [7, 11) is 0. The van der Waals surface area contributed by atoms with Crippen molar-refractivity contribution >= 4 is 6.09 Å². The summed E-state index contributed by atoms with van der Waals surface area (Å²) in [5.74, 6) is -1.18. The fraction of sp³-hybridized carbons (Fsp3) is 0.769. The molecule has 1 aromatic heterocycles. The Labute approximate surface area is 125 Å². The monoisotopic (exact) mass is 321 g/mol. The van der Waals surface area contributed by atoms with Crippen LogP contribution in [0.4, 0.5) is 18.0 Å². The molecule has 0 radical (unpaired) electrons. The fourth-order valence-electron chi connectivity index (χ4n) is 2.19. The molecule has 0 bridgehead atoms. The zero-order chi connectivity index (χ0) is 16.5. The van der Waals surface area contributed by atoms with Crippen LogP contribution in [0.1, 0.15) is 45.3 Å². The van der Waals surface area contributed by atoms with Gasteiger partial charge in [0, 0.05) is 12.5 Å². The first-order chi connectivity index (χ1) is 10.0. The van der Waals surface area contributed by atoms with Crippen molar-refractivity contribution in [2.75, 3.05) is 0 Å². The number of rotatable bonds is 3. The molecule has 0 unspecified atom stereocenters. The van der Waals surface area contributed by atoms with E-state index in [1.165, 1.54) is 0 Å². The maximum Gasteiger partial charge on any atom is 0.455 e. The Morgan fingerprint density at radius 1 is 1.36 bits per heavy atom. The number of alkyl halides is 3. The highest BCUT2D eigenvalue weighted by Gasteiger charge is 2.38. The number of nitrogens with one attached hydrogen (secondary N) is 1. The van der Waals surface area contributed by atoms with Crippen LogP contribution in [-0.4, -0.2) is 27.9 Å². The van der Waals surface area contributed by atoms with E-state index >= 15 is 0 Å². The third-order valence-electron chi connectivity index (χ3n) is 3.14. The van der Waals surface area contributed by atoms with Crippen LogP contribution < -0.4 is 5.32 Å². The second-order valence-corrected chi connectivity index (χ2v) is 6.39. The molecule has 0 atom stereocenters. The Hall–Kier alpha value is -1.80. The summed E-state index contributed by atoms with van der Waals surface area (Å²) in [4.78, 5) is 14.9. The molecule has 124 valence electrons. The fourth-order valence-corrected chi connectivity index (χ4v) is 2.19. The number of alkyl carbamates (subject to hydrolysis) is 1. The molecule has 9 heteroatoms. The summed E-state index contributed by atoms with van der Waals surface area (Å²) >= 11 is 0. The summed E-state index contributed by atoms with van der Waals surface area (Å²) in [6.45, 7) is 5.30. The first-order valence-corrected chi connectivity index (χ1v) is 6.92. The smallest absolute Gasteiger partial charge is 0.444 e. The van der Waals surface area contributed by atoms with Crippen molar-refractivity contribution in [3.8, 4) is 0 Å². The van der Waals surface area contributed by atoms with Crippen molar-refractivity contribution < 1.29 is 27.2 Å². The molecule has 0 saturated heterocycles. The Morgan fingerprint density at radius 2 is 2.00 bits per heavy atom. The predicted octanol–water partition coefficient (Wildman–Crippen LogP) is 2.93. The number of halogens is 3. The minimum absolute atomic E-state index is 0.0342. The number of amides is 1. The maximum atomic E-state index is 12.3. The van der Waals surface area contributed by atoms with Crippen molar-refractivity contribution in [2.45, 2.75) is 57.9 Å². The number of nitrogens with zero attached hydrogens (tertiary/aromatic N) is 2. The molecule has 6 nitrogen and oxygen atoms in total. The van der Waals surface area contributed by atoms with Gasteiger partial charge in [-0.25, -0.2) is 4.79 Å². The second-order valence-electron chi connectivity index (χ2n) is 6.39. The van der Waals surface area contributed by atoms with Gasteiger partial charge in [0.05, 0.1) is 0 Å². The minimum Gasteiger partial charge on any atom is -0.444 e. The van der Waals surface area contributed by atoms with Crippen LogP contribution in [0.5, 0.6) is 0 Å². The molecule has 0 aliphatic heterocycles. The standard InChI is InChI=1S/C13H18F3N3O3/c1-12(2,3)21-11(20)17-8-4-7(5-8)6-9-18-10(19-22-9)13(14,15)16/h7-8H,4-6H2,1-3H3,(H,17,20). The van der Waals surface area contributed by atoms with Crippen molar-refractivity contribution in [1.82, 2.24) is 15.5 Å². The number of hydrogen-bond donors (Lipinski definition) is 1. The van der Waals surface area contributed by atoms with Gasteiger partial charge in [0.15, 0.2) is 0 Å². The van der Waals surface area contributed by atoms with Gasteiger partial charge in [0.1, 0.15) is 5.60 Å². The van der Waals surface area contributed by atoms with E-state index in [4.69, 9.17) is 4.74 Å². The van der Waals surface area contributed by atoms with Gasteiger partial charge in [-0.1, -0.05) is 5.16 Å². The maximum absolute atomic E-state index is 12.3. The van der Waals surface area contributed by atoms with E-state index in [2.05, 4.69) is 20.0 Å². The van der Waals surface area contributed by atoms with Gasteiger partial charge in [-0.15, -0.1) is 0 Å². The van der Waals surface area contributed by atoms with Crippen LogP contribution >= 0.6 is 0 Å². The number of aromatic nitrogens is 2. The SMILES string of the molecule is CC(C)(C)OC(=O)NC1CC(Cc2nc(C(F)(F)F)no2)C1. The third kappa shape index (κ3) is 4.60. The molecule has 1 aliphatic carbocycles. The molecule has 2 rings (SSSR count). The summed E-state index contributed by atoms with van der Waals surface area (Å²) in [6.07, 6.45) is -3.53. The van der Waals surface area contributed by atoms with E-state index in [1.807, 2.05) is 0 Å². The molecule has 22 heavy (non-hydrogen) atoms. The lowest BCUT2D eigenvalue weighted by Gasteiger charge is -2.35. The average molecular weight is 321 g/mol. The molecule has 0 spiro atoms. The molecule has 0 aromatic carbocycles. The van der Waals surface area contributed by atoms with Crippen LogP contribution in [0.2, 0.25) is 0 Å². The Morgan fingerprint density at radius 3 is 2.50 bits per heavy atom. The zero-order valence-corrected chi connectivity index (χ0v) is 12.5. The van der Waals surface area contributed by atoms with Crippen LogP contribution in [0, 0.1) is 5.92 Å². The largest absolute Gasteiger partial charge is 0.455 e. The van der Waals surface area contributed by atoms with E-state index in [9.17, 15) is 18.0 Å². The van der Waals surface area contributed by atoms with Crippen molar-refractivity contribution in [1.29, 1.82) is 0 Å². The molecular weight excluding hydrogens is 303 g/mol. The molecule has 1 N–H and O–H groups in total. The van der Waals surface area contributed by atoms with E-state index in [-0.39, 0.29) is 24.3 Å². The van der Waals surface area contributed by atoms with Crippen molar-refractivity contribution in [3.63, 3.8) is 0 Å². The Bertz CT molecular complexity index is 531. The third-order valence-corrected chi connectivity index (χ3v) is 3.14. The van der Waals surface area contributed by atoms with Crippen LogP contribution in [0.15, 0.2) is 4.52 Å². The first-order valence-electron chi connectivity index (χ1n) is 6.92. The lowest BCUT2D eigenvalue weighted by atomic mass is 9.78. The van der Waals surface area contributed by atoms with E-state index < -0.39 is 23.7 Å². The van der Waals surface area contributed by atoms with Gasteiger partial charge in [0.2, 0.25) is 5.89 Å². The molecule has 1 amide bonds. The molecular formula is C13H18F3N3O3. The van der Waals surface area contributed by atoms with E-state index in [0.29, 0.717) is 12.8 Å². The summed E-state index contributed by atoms with van der Waals surface area (Å²) in [5, 5.41) is 5.62. The van der Waals surface area contributed by atoms with Gasteiger partial charge < -0.3 is 14.6 Å². The Balaban J connectivity index is 1.73. The normalized spacial score (nSPS) is 22.1. The highest BCUT2D eigenvalue weighted by molar-refractivity contribution is 5.68. The number of carbonyl (C=O) groups is 1. The first kappa shape index (κ1) is 16.6. The number of hydrogen-bond acceptors (Lipinski definition) is 5. The van der Waals surface area contributed by atoms with Gasteiger partial charge in [0.25, 0.3) is 5.82 Å². The van der Waals surface area contributed by atoms with E-state index in [0.717, 1.165) is 0 Å². The number of ether oxygens (including phenoxy) is 1. The van der Waals surface area contributed by atoms with Crippen LogP contribution in [0.3, 0.4) is 0 Å². The molecule has 1 saturated carbocycles.